The third kappa shape index (κ3) is 1.88. The summed E-state index contributed by atoms with van der Waals surface area (Å²) in [5, 5.41) is 12.0. The highest BCUT2D eigenvalue weighted by atomic mass is 16.5. The molecule has 0 unspecified atom stereocenters. The molecule has 4 heteroatoms. The predicted molar refractivity (Wildman–Crippen MR) is 37.3 cm³/mol. The molecule has 60 valence electrons. The molecule has 0 atom stereocenters. The van der Waals surface area contributed by atoms with Crippen molar-refractivity contribution in [1.82, 2.24) is 5.16 Å². The second-order valence-electron chi connectivity index (χ2n) is 2.21. The summed E-state index contributed by atoms with van der Waals surface area (Å²) in [4.78, 5) is 10.7. The van der Waals surface area contributed by atoms with Crippen LogP contribution in [0.5, 0.6) is 0 Å². The Hall–Kier alpha value is -1.16. The third-order valence-electron chi connectivity index (χ3n) is 1.28. The van der Waals surface area contributed by atoms with Gasteiger partial charge in [-0.1, -0.05) is 5.16 Å². The first-order valence-corrected chi connectivity index (χ1v) is 3.31. The van der Waals surface area contributed by atoms with E-state index < -0.39 is 0 Å². The second kappa shape index (κ2) is 3.30. The molecule has 4 nitrogen and oxygen atoms in total. The number of aromatic nitrogens is 1. The van der Waals surface area contributed by atoms with Gasteiger partial charge in [0.2, 0.25) is 0 Å². The van der Waals surface area contributed by atoms with E-state index in [1.165, 1.54) is 6.92 Å². The zero-order chi connectivity index (χ0) is 8.27. The zero-order valence-corrected chi connectivity index (χ0v) is 6.20. The first kappa shape index (κ1) is 7.94. The van der Waals surface area contributed by atoms with Crippen molar-refractivity contribution in [2.75, 3.05) is 6.61 Å². The fourth-order valence-electron chi connectivity index (χ4n) is 0.707. The lowest BCUT2D eigenvalue weighted by atomic mass is 10.2. The van der Waals surface area contributed by atoms with E-state index in [1.54, 1.807) is 6.07 Å². The molecule has 0 aromatic carbocycles. The molecule has 0 aliphatic heterocycles. The van der Waals surface area contributed by atoms with E-state index in [1.807, 2.05) is 0 Å². The number of hydrogen-bond donors (Lipinski definition) is 1. The van der Waals surface area contributed by atoms with Crippen LogP contribution in [0.15, 0.2) is 10.6 Å². The van der Waals surface area contributed by atoms with E-state index in [4.69, 9.17) is 9.63 Å². The average Bonchev–Trinajstić information content (AvgIpc) is 2.37. The fourth-order valence-corrected chi connectivity index (χ4v) is 0.707. The molecule has 1 heterocycles. The van der Waals surface area contributed by atoms with Crippen LogP contribution in [0.1, 0.15) is 23.2 Å². The van der Waals surface area contributed by atoms with Crippen molar-refractivity contribution in [2.24, 2.45) is 0 Å². The lowest BCUT2D eigenvalue weighted by Crippen LogP contribution is -1.90. The van der Waals surface area contributed by atoms with Crippen LogP contribution in [-0.4, -0.2) is 22.7 Å². The second-order valence-corrected chi connectivity index (χ2v) is 2.21. The van der Waals surface area contributed by atoms with E-state index in [2.05, 4.69) is 5.16 Å². The molecular weight excluding hydrogens is 146 g/mol. The molecule has 0 aliphatic rings. The van der Waals surface area contributed by atoms with E-state index in [0.29, 0.717) is 17.9 Å². The largest absolute Gasteiger partial charge is 0.396 e. The van der Waals surface area contributed by atoms with Crippen LogP contribution < -0.4 is 0 Å². The Balaban J connectivity index is 2.73. The molecule has 1 rings (SSSR count). The molecule has 0 saturated heterocycles. The Kier molecular flexibility index (Phi) is 2.38. The molecule has 0 radical (unpaired) electrons. The van der Waals surface area contributed by atoms with Crippen LogP contribution in [0.4, 0.5) is 0 Å². The van der Waals surface area contributed by atoms with Gasteiger partial charge in [-0.05, 0) is 0 Å². The Labute approximate surface area is 63.8 Å². The van der Waals surface area contributed by atoms with Gasteiger partial charge in [-0.15, -0.1) is 0 Å². The highest BCUT2D eigenvalue weighted by Gasteiger charge is 2.06. The average molecular weight is 155 g/mol. The highest BCUT2D eigenvalue weighted by Crippen LogP contribution is 2.04. The lowest BCUT2D eigenvalue weighted by molar-refractivity contribution is 0.100. The number of Topliss-reactive ketones (excluding diaryl/α,β-unsaturated/α-hetero) is 1. The highest BCUT2D eigenvalue weighted by molar-refractivity contribution is 5.91. The smallest absolute Gasteiger partial charge is 0.181 e. The van der Waals surface area contributed by atoms with Gasteiger partial charge in [0.25, 0.3) is 0 Å². The van der Waals surface area contributed by atoms with E-state index in [-0.39, 0.29) is 12.4 Å². The van der Waals surface area contributed by atoms with Crippen molar-refractivity contribution in [2.45, 2.75) is 13.3 Å². The SMILES string of the molecule is CC(=O)c1cc(CCO)on1. The molecule has 0 fully saturated rings. The molecule has 11 heavy (non-hydrogen) atoms. The monoisotopic (exact) mass is 155 g/mol. The zero-order valence-electron chi connectivity index (χ0n) is 6.20. The summed E-state index contributed by atoms with van der Waals surface area (Å²) in [5.41, 5.74) is 0.313. The van der Waals surface area contributed by atoms with Gasteiger partial charge < -0.3 is 9.63 Å². The molecule has 0 spiro atoms. The minimum absolute atomic E-state index is 0.00649. The van der Waals surface area contributed by atoms with Crippen molar-refractivity contribution < 1.29 is 14.4 Å². The minimum atomic E-state index is -0.127. The Morgan fingerprint density at radius 2 is 2.55 bits per heavy atom. The van der Waals surface area contributed by atoms with Gasteiger partial charge in [0, 0.05) is 19.4 Å². The van der Waals surface area contributed by atoms with Gasteiger partial charge in [0.05, 0.1) is 6.61 Å². The molecule has 0 aliphatic carbocycles. The summed E-state index contributed by atoms with van der Waals surface area (Å²) in [6.45, 7) is 1.42. The molecule has 0 bridgehead atoms. The number of aliphatic hydroxyl groups is 1. The first-order chi connectivity index (χ1) is 5.24. The van der Waals surface area contributed by atoms with Crippen LogP contribution in [0, 0.1) is 0 Å². The maximum atomic E-state index is 10.7. The fraction of sp³-hybridized carbons (Fsp3) is 0.429. The van der Waals surface area contributed by atoms with Crippen molar-refractivity contribution in [1.29, 1.82) is 0 Å². The van der Waals surface area contributed by atoms with Gasteiger partial charge in [-0.2, -0.15) is 0 Å². The summed E-state index contributed by atoms with van der Waals surface area (Å²) in [6.07, 6.45) is 0.403. The van der Waals surface area contributed by atoms with Crippen molar-refractivity contribution in [3.05, 3.63) is 17.5 Å². The number of rotatable bonds is 3. The van der Waals surface area contributed by atoms with E-state index in [9.17, 15) is 4.79 Å². The standard InChI is InChI=1S/C7H9NO3/c1-5(10)7-4-6(2-3-9)11-8-7/h4,9H,2-3H2,1H3. The summed E-state index contributed by atoms with van der Waals surface area (Å²) >= 11 is 0. The molecule has 0 amide bonds. The Morgan fingerprint density at radius 1 is 1.82 bits per heavy atom. The Bertz CT molecular complexity index is 254. The van der Waals surface area contributed by atoms with Crippen LogP contribution in [0.2, 0.25) is 0 Å². The molecule has 1 N–H and O–H groups in total. The first-order valence-electron chi connectivity index (χ1n) is 3.31. The number of carbonyl (C=O) groups excluding carboxylic acids is 1. The molecule has 0 saturated carbocycles. The van der Waals surface area contributed by atoms with Gasteiger partial charge >= 0.3 is 0 Å². The number of ketones is 1. The maximum Gasteiger partial charge on any atom is 0.181 e. The number of carbonyl (C=O) groups is 1. The summed E-state index contributed by atoms with van der Waals surface area (Å²) in [6, 6.07) is 1.54. The molecular formula is C7H9NO3. The van der Waals surface area contributed by atoms with Crippen molar-refractivity contribution >= 4 is 5.78 Å². The number of hydrogen-bond acceptors (Lipinski definition) is 4. The van der Waals surface area contributed by atoms with E-state index >= 15 is 0 Å². The van der Waals surface area contributed by atoms with Crippen LogP contribution in [-0.2, 0) is 6.42 Å². The predicted octanol–water partition coefficient (Wildman–Crippen LogP) is 0.412. The van der Waals surface area contributed by atoms with Crippen LogP contribution >= 0.6 is 0 Å². The molecule has 1 aromatic heterocycles. The van der Waals surface area contributed by atoms with Crippen LogP contribution in [0.3, 0.4) is 0 Å². The van der Waals surface area contributed by atoms with Crippen LogP contribution in [0.25, 0.3) is 0 Å². The topological polar surface area (TPSA) is 63.3 Å². The maximum absolute atomic E-state index is 10.7. The lowest BCUT2D eigenvalue weighted by Gasteiger charge is -1.83. The number of aliphatic hydroxyl groups excluding tert-OH is 1. The third-order valence-corrected chi connectivity index (χ3v) is 1.28. The minimum Gasteiger partial charge on any atom is -0.396 e. The van der Waals surface area contributed by atoms with Gasteiger partial charge in [0.1, 0.15) is 11.5 Å². The van der Waals surface area contributed by atoms with Crippen molar-refractivity contribution in [3.8, 4) is 0 Å². The van der Waals surface area contributed by atoms with Gasteiger partial charge in [0.15, 0.2) is 5.78 Å². The summed E-state index contributed by atoms with van der Waals surface area (Å²) < 4.78 is 4.74. The normalized spacial score (nSPS) is 10.0. The van der Waals surface area contributed by atoms with Gasteiger partial charge in [-0.25, -0.2) is 0 Å². The Morgan fingerprint density at radius 3 is 3.00 bits per heavy atom. The van der Waals surface area contributed by atoms with E-state index in [0.717, 1.165) is 0 Å². The summed E-state index contributed by atoms with van der Waals surface area (Å²) in [7, 11) is 0. The quantitative estimate of drug-likeness (QED) is 0.642. The number of nitrogens with zero attached hydrogens (tertiary/aromatic N) is 1. The van der Waals surface area contributed by atoms with Crippen molar-refractivity contribution in [3.63, 3.8) is 0 Å². The molecule has 1 aromatic rings. The van der Waals surface area contributed by atoms with Gasteiger partial charge in [-0.3, -0.25) is 4.79 Å². The summed E-state index contributed by atoms with van der Waals surface area (Å²) in [5.74, 6) is 0.413.